The highest BCUT2D eigenvalue weighted by molar-refractivity contribution is 6.00. The molecule has 140 valence electrons. The molecule has 2 aromatic heterocycles. The number of aromatic nitrogens is 1. The van der Waals surface area contributed by atoms with Crippen LogP contribution in [0, 0.1) is 6.92 Å². The molecule has 7 heteroatoms. The van der Waals surface area contributed by atoms with E-state index in [0.717, 1.165) is 11.4 Å². The van der Waals surface area contributed by atoms with Crippen molar-refractivity contribution in [1.82, 2.24) is 10.5 Å². The smallest absolute Gasteiger partial charge is 0.230 e. The van der Waals surface area contributed by atoms with Crippen molar-refractivity contribution in [2.75, 3.05) is 6.61 Å². The largest absolute Gasteiger partial charge is 0.494 e. The van der Waals surface area contributed by atoms with Crippen LogP contribution in [0.2, 0.25) is 0 Å². The third-order valence-corrected chi connectivity index (χ3v) is 3.68. The summed E-state index contributed by atoms with van der Waals surface area (Å²) in [5, 5.41) is 9.55. The molecule has 3 rings (SSSR count). The Hall–Kier alpha value is -3.32. The molecule has 0 aliphatic heterocycles. The van der Waals surface area contributed by atoms with E-state index in [-0.39, 0.29) is 12.4 Å². The van der Waals surface area contributed by atoms with Crippen molar-refractivity contribution >= 4 is 5.84 Å². The molecule has 0 aliphatic carbocycles. The average Bonchev–Trinajstić information content (AvgIpc) is 3.19. The monoisotopic (exact) mass is 367 g/mol. The number of hydrogen-bond acceptors (Lipinski definition) is 6. The summed E-state index contributed by atoms with van der Waals surface area (Å²) in [4.78, 5) is 8.78. The number of aliphatic imine (C=N–C) groups is 1. The van der Waals surface area contributed by atoms with E-state index in [2.05, 4.69) is 15.5 Å². The minimum absolute atomic E-state index is 0.236. The number of amidine groups is 1. The number of benzene rings is 1. The van der Waals surface area contributed by atoms with Gasteiger partial charge in [-0.25, -0.2) is 4.98 Å². The van der Waals surface area contributed by atoms with Crippen LogP contribution in [0.15, 0.2) is 64.2 Å². The standard InChI is InChI=1S/C20H21N3O4/c1-3-25-15-7-9-16(10-8-15)27-20-18(11-6-14(2)22-20)19(23-24)21-13-17-5-4-12-26-17/h4-12,24H,3,13H2,1-2H3,(H,21,23). The number of pyridine rings is 1. The number of nitrogens with zero attached hydrogens (tertiary/aromatic N) is 2. The molecule has 0 saturated heterocycles. The molecule has 0 atom stereocenters. The first-order chi connectivity index (χ1) is 13.2. The van der Waals surface area contributed by atoms with Crippen LogP contribution < -0.4 is 15.0 Å². The second-order valence-electron chi connectivity index (χ2n) is 5.67. The van der Waals surface area contributed by atoms with Gasteiger partial charge in [-0.1, -0.05) is 0 Å². The molecule has 7 nitrogen and oxygen atoms in total. The van der Waals surface area contributed by atoms with Gasteiger partial charge in [-0.3, -0.25) is 15.7 Å². The van der Waals surface area contributed by atoms with E-state index in [9.17, 15) is 5.21 Å². The fraction of sp³-hybridized carbons (Fsp3) is 0.200. The van der Waals surface area contributed by atoms with Crippen LogP contribution in [-0.4, -0.2) is 22.6 Å². The molecule has 0 fully saturated rings. The average molecular weight is 367 g/mol. The fourth-order valence-electron chi connectivity index (χ4n) is 2.41. The lowest BCUT2D eigenvalue weighted by Gasteiger charge is -2.12. The van der Waals surface area contributed by atoms with Crippen molar-refractivity contribution in [3.8, 4) is 17.4 Å². The van der Waals surface area contributed by atoms with Crippen molar-refractivity contribution in [2.24, 2.45) is 4.99 Å². The van der Waals surface area contributed by atoms with E-state index < -0.39 is 0 Å². The predicted octanol–water partition coefficient (Wildman–Crippen LogP) is 4.10. The molecule has 0 spiro atoms. The van der Waals surface area contributed by atoms with Gasteiger partial charge in [0.1, 0.15) is 17.3 Å². The molecule has 0 saturated carbocycles. The number of furan rings is 1. The lowest BCUT2D eigenvalue weighted by molar-refractivity contribution is 0.234. The van der Waals surface area contributed by atoms with Crippen LogP contribution in [0.4, 0.5) is 0 Å². The van der Waals surface area contributed by atoms with Gasteiger partial charge in [0, 0.05) is 5.69 Å². The van der Waals surface area contributed by atoms with E-state index >= 15 is 0 Å². The third kappa shape index (κ3) is 4.86. The van der Waals surface area contributed by atoms with Gasteiger partial charge in [-0.15, -0.1) is 0 Å². The molecule has 2 heterocycles. The van der Waals surface area contributed by atoms with Gasteiger partial charge in [0.15, 0.2) is 5.84 Å². The van der Waals surface area contributed by atoms with Crippen molar-refractivity contribution < 1.29 is 19.1 Å². The Balaban J connectivity index is 1.86. The molecule has 0 radical (unpaired) electrons. The second kappa shape index (κ2) is 8.86. The summed E-state index contributed by atoms with van der Waals surface area (Å²) >= 11 is 0. The molecular formula is C20H21N3O4. The minimum Gasteiger partial charge on any atom is -0.494 e. The van der Waals surface area contributed by atoms with Gasteiger partial charge < -0.3 is 13.9 Å². The molecule has 0 amide bonds. The summed E-state index contributed by atoms with van der Waals surface area (Å²) in [5.74, 6) is 2.61. The number of aryl methyl sites for hydroxylation is 1. The molecule has 0 unspecified atom stereocenters. The molecule has 1 aromatic carbocycles. The summed E-state index contributed by atoms with van der Waals surface area (Å²) in [6.45, 7) is 4.66. The van der Waals surface area contributed by atoms with Crippen LogP contribution in [-0.2, 0) is 6.54 Å². The third-order valence-electron chi connectivity index (χ3n) is 3.68. The summed E-state index contributed by atoms with van der Waals surface area (Å²) < 4.78 is 16.6. The zero-order valence-corrected chi connectivity index (χ0v) is 15.2. The quantitative estimate of drug-likeness (QED) is 0.371. The maximum atomic E-state index is 9.55. The Morgan fingerprint density at radius 1 is 1.15 bits per heavy atom. The summed E-state index contributed by atoms with van der Waals surface area (Å²) in [6.07, 6.45) is 1.57. The van der Waals surface area contributed by atoms with Crippen molar-refractivity contribution in [3.05, 3.63) is 71.8 Å². The van der Waals surface area contributed by atoms with Crippen molar-refractivity contribution in [2.45, 2.75) is 20.4 Å². The van der Waals surface area contributed by atoms with E-state index in [0.29, 0.717) is 29.6 Å². The number of nitrogens with one attached hydrogen (secondary N) is 1. The number of hydroxylamine groups is 1. The highest BCUT2D eigenvalue weighted by Crippen LogP contribution is 2.26. The topological polar surface area (TPSA) is 89.1 Å². The second-order valence-corrected chi connectivity index (χ2v) is 5.67. The predicted molar refractivity (Wildman–Crippen MR) is 101 cm³/mol. The molecule has 2 N–H and O–H groups in total. The van der Waals surface area contributed by atoms with Crippen molar-refractivity contribution in [3.63, 3.8) is 0 Å². The number of hydrogen-bond donors (Lipinski definition) is 2. The first-order valence-corrected chi connectivity index (χ1v) is 8.55. The molecule has 0 bridgehead atoms. The van der Waals surface area contributed by atoms with E-state index in [1.54, 1.807) is 30.5 Å². The van der Waals surface area contributed by atoms with Crippen LogP contribution >= 0.6 is 0 Å². The van der Waals surface area contributed by atoms with Crippen LogP contribution in [0.1, 0.15) is 23.9 Å². The Morgan fingerprint density at radius 3 is 2.59 bits per heavy atom. The molecule has 3 aromatic rings. The van der Waals surface area contributed by atoms with E-state index in [4.69, 9.17) is 13.9 Å². The Morgan fingerprint density at radius 2 is 1.93 bits per heavy atom. The summed E-state index contributed by atoms with van der Waals surface area (Å²) in [6, 6.07) is 14.4. The lowest BCUT2D eigenvalue weighted by Crippen LogP contribution is -2.21. The zero-order chi connectivity index (χ0) is 19.1. The lowest BCUT2D eigenvalue weighted by atomic mass is 10.2. The van der Waals surface area contributed by atoms with Crippen LogP contribution in [0.3, 0.4) is 0 Å². The van der Waals surface area contributed by atoms with Gasteiger partial charge in [0.25, 0.3) is 0 Å². The van der Waals surface area contributed by atoms with Crippen molar-refractivity contribution in [1.29, 1.82) is 0 Å². The normalized spacial score (nSPS) is 11.3. The first-order valence-electron chi connectivity index (χ1n) is 8.55. The first kappa shape index (κ1) is 18.5. The summed E-state index contributed by atoms with van der Waals surface area (Å²) in [5.41, 5.74) is 3.43. The SMILES string of the molecule is CCOc1ccc(Oc2nc(C)ccc2C(=NCc2ccco2)NO)cc1. The van der Waals surface area contributed by atoms with Gasteiger partial charge >= 0.3 is 0 Å². The Kier molecular flexibility index (Phi) is 6.06. The Bertz CT molecular complexity index is 890. The number of rotatable bonds is 7. The van der Waals surface area contributed by atoms with Gasteiger partial charge in [0.2, 0.25) is 5.88 Å². The van der Waals surface area contributed by atoms with Gasteiger partial charge in [-0.05, 0) is 62.4 Å². The van der Waals surface area contributed by atoms with Crippen LogP contribution in [0.25, 0.3) is 0 Å². The fourth-order valence-corrected chi connectivity index (χ4v) is 2.41. The molecular weight excluding hydrogens is 346 g/mol. The highest BCUT2D eigenvalue weighted by atomic mass is 16.5. The maximum absolute atomic E-state index is 9.55. The summed E-state index contributed by atoms with van der Waals surface area (Å²) in [7, 11) is 0. The minimum atomic E-state index is 0.236. The zero-order valence-electron chi connectivity index (χ0n) is 15.2. The van der Waals surface area contributed by atoms with Gasteiger partial charge in [0.05, 0.1) is 25.0 Å². The Labute approximate surface area is 157 Å². The molecule has 0 aliphatic rings. The molecule has 27 heavy (non-hydrogen) atoms. The van der Waals surface area contributed by atoms with Crippen LogP contribution in [0.5, 0.6) is 17.4 Å². The highest BCUT2D eigenvalue weighted by Gasteiger charge is 2.14. The van der Waals surface area contributed by atoms with Gasteiger partial charge in [-0.2, -0.15) is 0 Å². The van der Waals surface area contributed by atoms with E-state index in [1.165, 1.54) is 0 Å². The van der Waals surface area contributed by atoms with E-state index in [1.807, 2.05) is 38.1 Å². The number of ether oxygens (including phenoxy) is 2. The maximum Gasteiger partial charge on any atom is 0.230 e.